The quantitative estimate of drug-likeness (QED) is 0.769. The third-order valence-electron chi connectivity index (χ3n) is 7.08. The first-order valence-electron chi connectivity index (χ1n) is 11.7. The highest BCUT2D eigenvalue weighted by Crippen LogP contribution is 2.26. The van der Waals surface area contributed by atoms with Crippen molar-refractivity contribution in [2.45, 2.75) is 64.0 Å². The largest absolute Gasteiger partial charge is 0.356 e. The summed E-state index contributed by atoms with van der Waals surface area (Å²) in [4.78, 5) is 28.9. The van der Waals surface area contributed by atoms with E-state index in [4.69, 9.17) is 0 Å². The van der Waals surface area contributed by atoms with Crippen LogP contribution in [-0.2, 0) is 11.3 Å². The molecule has 8 heteroatoms. The summed E-state index contributed by atoms with van der Waals surface area (Å²) in [5.41, 5.74) is 0.766. The van der Waals surface area contributed by atoms with E-state index in [1.165, 1.54) is 51.6 Å². The van der Waals surface area contributed by atoms with Gasteiger partial charge in [0.25, 0.3) is 0 Å². The van der Waals surface area contributed by atoms with Crippen LogP contribution < -0.4 is 4.90 Å². The Morgan fingerprint density at radius 1 is 0.900 bits per heavy atom. The van der Waals surface area contributed by atoms with E-state index in [9.17, 15) is 4.79 Å². The van der Waals surface area contributed by atoms with E-state index >= 15 is 0 Å². The number of rotatable bonds is 4. The maximum atomic E-state index is 13.0. The van der Waals surface area contributed by atoms with Crippen LogP contribution in [0.1, 0.15) is 51.4 Å². The summed E-state index contributed by atoms with van der Waals surface area (Å²) in [5.74, 6) is 1.11. The molecule has 0 N–H and O–H groups in total. The molecule has 3 aliphatic rings. The Bertz CT molecular complexity index is 861. The lowest BCUT2D eigenvalue weighted by molar-refractivity contribution is -0.133. The van der Waals surface area contributed by atoms with Crippen LogP contribution in [0.3, 0.4) is 0 Å². The molecule has 2 aromatic heterocycles. The van der Waals surface area contributed by atoms with Gasteiger partial charge in [-0.05, 0) is 58.0 Å². The predicted octanol–water partition coefficient (Wildman–Crippen LogP) is 2.29. The molecular weight excluding hydrogens is 378 g/mol. The van der Waals surface area contributed by atoms with Crippen molar-refractivity contribution in [1.29, 1.82) is 0 Å². The molecule has 0 bridgehead atoms. The molecule has 162 valence electrons. The number of carbonyl (C=O) groups excluding carboxylic acids is 1. The van der Waals surface area contributed by atoms with Gasteiger partial charge in [-0.15, -0.1) is 0 Å². The molecule has 0 unspecified atom stereocenters. The molecule has 0 atom stereocenters. The zero-order valence-corrected chi connectivity index (χ0v) is 17.9. The molecule has 0 saturated carbocycles. The lowest BCUT2D eigenvalue weighted by Crippen LogP contribution is -2.48. The summed E-state index contributed by atoms with van der Waals surface area (Å²) in [7, 11) is 0. The lowest BCUT2D eigenvalue weighted by atomic mass is 10.00. The van der Waals surface area contributed by atoms with Gasteiger partial charge < -0.3 is 14.7 Å². The number of likely N-dealkylation sites (tertiary alicyclic amines) is 2. The van der Waals surface area contributed by atoms with Crippen molar-refractivity contribution in [3.8, 4) is 0 Å². The zero-order chi connectivity index (χ0) is 20.3. The third kappa shape index (κ3) is 4.02. The standard InChI is InChI=1S/C22H33N7O/c30-20(27-13-7-18(8-14-27)26-9-3-1-4-10-26)16-29-22-19(15-25-29)21(23-17-24-22)28-11-5-2-6-12-28/h15,17-18H,1-14,16H2. The van der Waals surface area contributed by atoms with E-state index < -0.39 is 0 Å². The van der Waals surface area contributed by atoms with E-state index in [1.54, 1.807) is 11.0 Å². The third-order valence-corrected chi connectivity index (χ3v) is 7.08. The molecule has 3 fully saturated rings. The Hall–Kier alpha value is -2.22. The number of piperidine rings is 3. The fraction of sp³-hybridized carbons (Fsp3) is 0.727. The molecule has 1 amide bonds. The van der Waals surface area contributed by atoms with Crippen molar-refractivity contribution >= 4 is 22.8 Å². The minimum absolute atomic E-state index is 0.148. The van der Waals surface area contributed by atoms with E-state index in [2.05, 4.69) is 24.9 Å². The number of carbonyl (C=O) groups is 1. The minimum Gasteiger partial charge on any atom is -0.356 e. The minimum atomic E-state index is 0.148. The van der Waals surface area contributed by atoms with Crippen molar-refractivity contribution in [2.24, 2.45) is 0 Å². The fourth-order valence-electron chi connectivity index (χ4n) is 5.35. The van der Waals surface area contributed by atoms with E-state index in [-0.39, 0.29) is 12.5 Å². The fourth-order valence-corrected chi connectivity index (χ4v) is 5.35. The molecule has 8 nitrogen and oxygen atoms in total. The van der Waals surface area contributed by atoms with Gasteiger partial charge in [0.1, 0.15) is 18.7 Å². The second-order valence-electron chi connectivity index (χ2n) is 8.99. The number of amides is 1. The molecule has 30 heavy (non-hydrogen) atoms. The Balaban J connectivity index is 1.23. The molecule has 0 spiro atoms. The molecule has 0 aliphatic carbocycles. The summed E-state index contributed by atoms with van der Waals surface area (Å²) in [6, 6.07) is 0.653. The van der Waals surface area contributed by atoms with Gasteiger partial charge in [0.2, 0.25) is 5.91 Å². The summed E-state index contributed by atoms with van der Waals surface area (Å²) in [6.07, 6.45) is 13.3. The second-order valence-corrected chi connectivity index (χ2v) is 8.99. The predicted molar refractivity (Wildman–Crippen MR) is 116 cm³/mol. The van der Waals surface area contributed by atoms with Gasteiger partial charge in [-0.2, -0.15) is 5.10 Å². The van der Waals surface area contributed by atoms with Crippen LogP contribution in [-0.4, -0.2) is 80.8 Å². The van der Waals surface area contributed by atoms with E-state index in [1.807, 2.05) is 11.1 Å². The smallest absolute Gasteiger partial charge is 0.244 e. The van der Waals surface area contributed by atoms with Crippen LogP contribution in [0.4, 0.5) is 5.82 Å². The molecule has 0 aromatic carbocycles. The molecule has 3 aliphatic heterocycles. The Labute approximate surface area is 178 Å². The molecule has 5 rings (SSSR count). The first kappa shape index (κ1) is 19.7. The molecule has 0 radical (unpaired) electrons. The van der Waals surface area contributed by atoms with Crippen LogP contribution in [0, 0.1) is 0 Å². The molecular formula is C22H33N7O. The topological polar surface area (TPSA) is 70.4 Å². The highest BCUT2D eigenvalue weighted by Gasteiger charge is 2.28. The summed E-state index contributed by atoms with van der Waals surface area (Å²) in [5, 5.41) is 5.46. The van der Waals surface area contributed by atoms with E-state index in [0.29, 0.717) is 6.04 Å². The van der Waals surface area contributed by atoms with Gasteiger partial charge in [0.05, 0.1) is 11.6 Å². The maximum Gasteiger partial charge on any atom is 0.244 e. The molecule has 2 aromatic rings. The lowest BCUT2D eigenvalue weighted by Gasteiger charge is -2.40. The van der Waals surface area contributed by atoms with Crippen molar-refractivity contribution in [1.82, 2.24) is 29.5 Å². The van der Waals surface area contributed by atoms with Crippen LogP contribution in [0.25, 0.3) is 11.0 Å². The summed E-state index contributed by atoms with van der Waals surface area (Å²) < 4.78 is 1.75. The first-order valence-corrected chi connectivity index (χ1v) is 11.7. The Morgan fingerprint density at radius 3 is 2.33 bits per heavy atom. The van der Waals surface area contributed by atoms with Crippen molar-refractivity contribution in [3.05, 3.63) is 12.5 Å². The Kier molecular flexibility index (Phi) is 5.84. The van der Waals surface area contributed by atoms with Crippen molar-refractivity contribution in [2.75, 3.05) is 44.2 Å². The second kappa shape index (κ2) is 8.88. The number of nitrogens with zero attached hydrogens (tertiary/aromatic N) is 7. The van der Waals surface area contributed by atoms with Crippen LogP contribution >= 0.6 is 0 Å². The van der Waals surface area contributed by atoms with Gasteiger partial charge in [0, 0.05) is 32.2 Å². The number of anilines is 1. The average Bonchev–Trinajstić information content (AvgIpc) is 3.23. The molecule has 5 heterocycles. The number of hydrogen-bond acceptors (Lipinski definition) is 6. The number of aromatic nitrogens is 4. The summed E-state index contributed by atoms with van der Waals surface area (Å²) in [6.45, 7) is 6.49. The highest BCUT2D eigenvalue weighted by atomic mass is 16.2. The van der Waals surface area contributed by atoms with Gasteiger partial charge in [-0.3, -0.25) is 4.79 Å². The zero-order valence-electron chi connectivity index (χ0n) is 17.9. The number of hydrogen-bond donors (Lipinski definition) is 0. The Morgan fingerprint density at radius 2 is 1.60 bits per heavy atom. The van der Waals surface area contributed by atoms with E-state index in [0.717, 1.165) is 55.9 Å². The van der Waals surface area contributed by atoms with Crippen LogP contribution in [0.15, 0.2) is 12.5 Å². The maximum absolute atomic E-state index is 13.0. The van der Waals surface area contributed by atoms with Gasteiger partial charge in [-0.1, -0.05) is 6.42 Å². The normalized spacial score (nSPS) is 22.0. The summed E-state index contributed by atoms with van der Waals surface area (Å²) >= 11 is 0. The van der Waals surface area contributed by atoms with Crippen LogP contribution in [0.2, 0.25) is 0 Å². The first-order chi connectivity index (χ1) is 14.8. The van der Waals surface area contributed by atoms with Gasteiger partial charge in [0.15, 0.2) is 5.65 Å². The SMILES string of the molecule is O=C(Cn1ncc2c(N3CCCCC3)ncnc21)N1CCC(N2CCCCC2)CC1. The van der Waals surface area contributed by atoms with Crippen molar-refractivity contribution < 1.29 is 4.79 Å². The highest BCUT2D eigenvalue weighted by molar-refractivity contribution is 5.88. The van der Waals surface area contributed by atoms with Gasteiger partial charge in [-0.25, -0.2) is 14.6 Å². The number of fused-ring (bicyclic) bond motifs is 1. The average molecular weight is 412 g/mol. The van der Waals surface area contributed by atoms with Crippen molar-refractivity contribution in [3.63, 3.8) is 0 Å². The monoisotopic (exact) mass is 411 g/mol. The van der Waals surface area contributed by atoms with Gasteiger partial charge >= 0.3 is 0 Å². The van der Waals surface area contributed by atoms with Crippen LogP contribution in [0.5, 0.6) is 0 Å². The molecule has 3 saturated heterocycles.